The van der Waals surface area contributed by atoms with E-state index in [-0.39, 0.29) is 18.2 Å². The molecular formula is C15H25N3O3S2. The van der Waals surface area contributed by atoms with E-state index < -0.39 is 10.0 Å². The van der Waals surface area contributed by atoms with E-state index in [1.165, 1.54) is 15.6 Å². The Balaban J connectivity index is 1.98. The van der Waals surface area contributed by atoms with Gasteiger partial charge in [-0.05, 0) is 17.9 Å². The molecule has 1 aliphatic rings. The molecule has 2 heterocycles. The van der Waals surface area contributed by atoms with Crippen LogP contribution in [0.4, 0.5) is 0 Å². The van der Waals surface area contributed by atoms with E-state index in [2.05, 4.69) is 12.2 Å². The van der Waals surface area contributed by atoms with Crippen molar-refractivity contribution < 1.29 is 13.2 Å². The Morgan fingerprint density at radius 1 is 1.35 bits per heavy atom. The lowest BCUT2D eigenvalue weighted by Crippen LogP contribution is -2.48. The van der Waals surface area contributed by atoms with Crippen molar-refractivity contribution >= 4 is 27.3 Å². The van der Waals surface area contributed by atoms with E-state index in [0.717, 1.165) is 12.8 Å². The van der Waals surface area contributed by atoms with Crippen LogP contribution in [0.3, 0.4) is 0 Å². The standard InChI is InChI=1S/C15H25N3O3S2/c1-2-3-8-17(15(19)14-5-4-12-22-14)11-13-23(20,21)18-9-6-16-7-10-18/h4-5,12,16H,2-3,6-11,13H2,1H3. The summed E-state index contributed by atoms with van der Waals surface area (Å²) in [6, 6.07) is 3.63. The molecule has 8 heteroatoms. The smallest absolute Gasteiger partial charge is 0.263 e. The lowest BCUT2D eigenvalue weighted by molar-refractivity contribution is 0.0768. The molecule has 1 aromatic heterocycles. The number of piperazine rings is 1. The molecule has 1 aliphatic heterocycles. The zero-order chi connectivity index (χ0) is 16.7. The number of amides is 1. The van der Waals surface area contributed by atoms with Crippen molar-refractivity contribution in [2.45, 2.75) is 19.8 Å². The first-order valence-corrected chi connectivity index (χ1v) is 10.5. The molecule has 0 bridgehead atoms. The highest BCUT2D eigenvalue weighted by molar-refractivity contribution is 7.89. The fraction of sp³-hybridized carbons (Fsp3) is 0.667. The van der Waals surface area contributed by atoms with Crippen LogP contribution in [-0.2, 0) is 10.0 Å². The third-order valence-electron chi connectivity index (χ3n) is 3.89. The Kier molecular flexibility index (Phi) is 7.01. The lowest BCUT2D eigenvalue weighted by Gasteiger charge is -2.28. The molecule has 0 atom stereocenters. The maximum absolute atomic E-state index is 12.5. The van der Waals surface area contributed by atoms with Crippen molar-refractivity contribution in [1.29, 1.82) is 0 Å². The van der Waals surface area contributed by atoms with Gasteiger partial charge < -0.3 is 10.2 Å². The molecular weight excluding hydrogens is 334 g/mol. The van der Waals surface area contributed by atoms with Crippen molar-refractivity contribution in [1.82, 2.24) is 14.5 Å². The zero-order valence-corrected chi connectivity index (χ0v) is 15.2. The van der Waals surface area contributed by atoms with Crippen molar-refractivity contribution in [2.24, 2.45) is 0 Å². The molecule has 130 valence electrons. The first-order chi connectivity index (χ1) is 11.0. The second-order valence-electron chi connectivity index (χ2n) is 5.59. The minimum Gasteiger partial charge on any atom is -0.337 e. The molecule has 6 nitrogen and oxygen atoms in total. The topological polar surface area (TPSA) is 69.7 Å². The Morgan fingerprint density at radius 2 is 2.09 bits per heavy atom. The van der Waals surface area contributed by atoms with E-state index in [4.69, 9.17) is 0 Å². The molecule has 1 aromatic rings. The van der Waals surface area contributed by atoms with Crippen molar-refractivity contribution in [3.05, 3.63) is 22.4 Å². The fourth-order valence-electron chi connectivity index (χ4n) is 2.50. The quantitative estimate of drug-likeness (QED) is 0.758. The van der Waals surface area contributed by atoms with Crippen LogP contribution >= 0.6 is 11.3 Å². The van der Waals surface area contributed by atoms with Crippen LogP contribution in [0.25, 0.3) is 0 Å². The summed E-state index contributed by atoms with van der Waals surface area (Å²) in [5, 5.41) is 5.01. The highest BCUT2D eigenvalue weighted by Gasteiger charge is 2.25. The third kappa shape index (κ3) is 5.27. The number of hydrogen-bond donors (Lipinski definition) is 1. The summed E-state index contributed by atoms with van der Waals surface area (Å²) >= 11 is 1.39. The number of unbranched alkanes of at least 4 members (excludes halogenated alkanes) is 1. The summed E-state index contributed by atoms with van der Waals surface area (Å²) in [6.45, 7) is 5.31. The summed E-state index contributed by atoms with van der Waals surface area (Å²) < 4.78 is 26.4. The van der Waals surface area contributed by atoms with Crippen LogP contribution in [0.15, 0.2) is 17.5 Å². The van der Waals surface area contributed by atoms with E-state index >= 15 is 0 Å². The van der Waals surface area contributed by atoms with E-state index in [9.17, 15) is 13.2 Å². The molecule has 0 unspecified atom stereocenters. The average Bonchev–Trinajstić information content (AvgIpc) is 3.10. The normalized spacial score (nSPS) is 16.4. The highest BCUT2D eigenvalue weighted by Crippen LogP contribution is 2.13. The van der Waals surface area contributed by atoms with Gasteiger partial charge in [0.1, 0.15) is 0 Å². The van der Waals surface area contributed by atoms with E-state index in [1.54, 1.807) is 11.0 Å². The lowest BCUT2D eigenvalue weighted by atomic mass is 10.3. The van der Waals surface area contributed by atoms with Crippen LogP contribution < -0.4 is 5.32 Å². The number of carbonyl (C=O) groups is 1. The van der Waals surface area contributed by atoms with Gasteiger partial charge in [-0.3, -0.25) is 4.79 Å². The maximum atomic E-state index is 12.5. The number of carbonyl (C=O) groups excluding carboxylic acids is 1. The molecule has 1 fully saturated rings. The summed E-state index contributed by atoms with van der Waals surface area (Å²) in [4.78, 5) is 14.9. The molecule has 0 radical (unpaired) electrons. The average molecular weight is 360 g/mol. The maximum Gasteiger partial charge on any atom is 0.263 e. The number of sulfonamides is 1. The number of nitrogens with zero attached hydrogens (tertiary/aromatic N) is 2. The summed E-state index contributed by atoms with van der Waals surface area (Å²) in [7, 11) is -3.30. The molecule has 0 aromatic carbocycles. The van der Waals surface area contributed by atoms with Crippen molar-refractivity contribution in [3.8, 4) is 0 Å². The van der Waals surface area contributed by atoms with Gasteiger partial charge in [0.2, 0.25) is 10.0 Å². The molecule has 2 rings (SSSR count). The highest BCUT2D eigenvalue weighted by atomic mass is 32.2. The van der Waals surface area contributed by atoms with Gasteiger partial charge in [-0.15, -0.1) is 11.3 Å². The van der Waals surface area contributed by atoms with Gasteiger partial charge in [-0.2, -0.15) is 4.31 Å². The molecule has 23 heavy (non-hydrogen) atoms. The van der Waals surface area contributed by atoms with Crippen LogP contribution in [0.5, 0.6) is 0 Å². The number of thiophene rings is 1. The number of nitrogens with one attached hydrogen (secondary N) is 1. The SMILES string of the molecule is CCCCN(CCS(=O)(=O)N1CCNCC1)C(=O)c1cccs1. The predicted octanol–water partition coefficient (Wildman–Crippen LogP) is 1.23. The minimum atomic E-state index is -3.30. The van der Waals surface area contributed by atoms with Gasteiger partial charge in [-0.25, -0.2) is 8.42 Å². The first-order valence-electron chi connectivity index (χ1n) is 8.06. The van der Waals surface area contributed by atoms with Gasteiger partial charge in [0.25, 0.3) is 5.91 Å². The molecule has 0 aliphatic carbocycles. The summed E-state index contributed by atoms with van der Waals surface area (Å²) in [5.41, 5.74) is 0. The third-order valence-corrected chi connectivity index (χ3v) is 6.60. The van der Waals surface area contributed by atoms with Crippen molar-refractivity contribution in [3.63, 3.8) is 0 Å². The van der Waals surface area contributed by atoms with Gasteiger partial charge >= 0.3 is 0 Å². The molecule has 1 amide bonds. The molecule has 0 saturated carbocycles. The minimum absolute atomic E-state index is 0.00612. The first kappa shape index (κ1) is 18.4. The number of rotatable bonds is 8. The number of hydrogen-bond acceptors (Lipinski definition) is 5. The Bertz CT molecular complexity index is 581. The van der Waals surface area contributed by atoms with Gasteiger partial charge in [-0.1, -0.05) is 19.4 Å². The molecule has 1 N–H and O–H groups in total. The second-order valence-corrected chi connectivity index (χ2v) is 8.62. The van der Waals surface area contributed by atoms with Crippen LogP contribution in [0.2, 0.25) is 0 Å². The van der Waals surface area contributed by atoms with Crippen molar-refractivity contribution in [2.75, 3.05) is 45.0 Å². The zero-order valence-electron chi connectivity index (χ0n) is 13.5. The fourth-order valence-corrected chi connectivity index (χ4v) is 4.64. The van der Waals surface area contributed by atoms with E-state index in [0.29, 0.717) is 37.6 Å². The summed E-state index contributed by atoms with van der Waals surface area (Å²) in [6.07, 6.45) is 1.85. The molecule has 1 saturated heterocycles. The largest absolute Gasteiger partial charge is 0.337 e. The molecule has 0 spiro atoms. The van der Waals surface area contributed by atoms with Gasteiger partial charge in [0, 0.05) is 39.3 Å². The monoisotopic (exact) mass is 359 g/mol. The van der Waals surface area contributed by atoms with Crippen LogP contribution in [0.1, 0.15) is 29.4 Å². The van der Waals surface area contributed by atoms with Crippen LogP contribution in [0, 0.1) is 0 Å². The van der Waals surface area contributed by atoms with E-state index in [1.807, 2.05) is 11.4 Å². The Morgan fingerprint density at radius 3 is 2.70 bits per heavy atom. The predicted molar refractivity (Wildman–Crippen MR) is 93.4 cm³/mol. The van der Waals surface area contributed by atoms with Crippen LogP contribution in [-0.4, -0.2) is 68.6 Å². The Hall–Kier alpha value is -0.960. The second kappa shape index (κ2) is 8.77. The van der Waals surface area contributed by atoms with Gasteiger partial charge in [0.05, 0.1) is 10.6 Å². The summed E-state index contributed by atoms with van der Waals surface area (Å²) in [5.74, 6) is -0.0719. The Labute approximate surface area is 142 Å². The van der Waals surface area contributed by atoms with Gasteiger partial charge in [0.15, 0.2) is 0 Å².